The maximum Gasteiger partial charge on any atom is 0.118 e. The fourth-order valence-electron chi connectivity index (χ4n) is 1.06. The molecular weight excluding hydrogens is 148 g/mol. The summed E-state index contributed by atoms with van der Waals surface area (Å²) in [5.41, 5.74) is 3.21. The van der Waals surface area contributed by atoms with Crippen molar-refractivity contribution in [1.82, 2.24) is 0 Å². The number of terminal acetylenes is 1. The van der Waals surface area contributed by atoms with Gasteiger partial charge in [-0.1, -0.05) is 23.6 Å². The van der Waals surface area contributed by atoms with Crippen molar-refractivity contribution in [3.63, 3.8) is 0 Å². The molecule has 1 N–H and O–H groups in total. The zero-order valence-corrected chi connectivity index (χ0v) is 8.02. The van der Waals surface area contributed by atoms with E-state index in [4.69, 9.17) is 6.42 Å². The summed E-state index contributed by atoms with van der Waals surface area (Å²) in [5, 5.41) is 9.21. The van der Waals surface area contributed by atoms with Crippen molar-refractivity contribution in [2.24, 2.45) is 0 Å². The largest absolute Gasteiger partial charge is 0.380 e. The summed E-state index contributed by atoms with van der Waals surface area (Å²) in [6.07, 6.45) is 4.89. The van der Waals surface area contributed by atoms with Crippen molar-refractivity contribution in [2.75, 3.05) is 0 Å². The van der Waals surface area contributed by atoms with Crippen molar-refractivity contribution in [1.29, 1.82) is 0 Å². The maximum absolute atomic E-state index is 9.21. The molecule has 66 valence electrons. The van der Waals surface area contributed by atoms with Gasteiger partial charge in [0, 0.05) is 6.42 Å². The molecule has 0 amide bonds. The van der Waals surface area contributed by atoms with E-state index in [1.54, 1.807) is 0 Å². The van der Waals surface area contributed by atoms with E-state index in [0.717, 1.165) is 16.7 Å². The quantitative estimate of drug-likeness (QED) is 0.501. The van der Waals surface area contributed by atoms with Gasteiger partial charge in [0.05, 0.1) is 0 Å². The van der Waals surface area contributed by atoms with Crippen LogP contribution in [0, 0.1) is 12.3 Å². The Labute approximate surface area is 74.8 Å². The Morgan fingerprint density at radius 3 is 2.25 bits per heavy atom. The molecule has 0 radical (unpaired) electrons. The van der Waals surface area contributed by atoms with Gasteiger partial charge in [0.2, 0.25) is 0 Å². The van der Waals surface area contributed by atoms with Crippen LogP contribution in [0.15, 0.2) is 23.3 Å². The van der Waals surface area contributed by atoms with E-state index in [-0.39, 0.29) is 0 Å². The highest BCUT2D eigenvalue weighted by Crippen LogP contribution is 2.18. The Balaban J connectivity index is 4.50. The van der Waals surface area contributed by atoms with Crippen LogP contribution in [0.25, 0.3) is 0 Å². The molecule has 0 saturated carbocycles. The third kappa shape index (κ3) is 3.41. The minimum absolute atomic E-state index is 0.508. The number of rotatable bonds is 3. The summed E-state index contributed by atoms with van der Waals surface area (Å²) in [6, 6.07) is 0. The first kappa shape index (κ1) is 11.0. The van der Waals surface area contributed by atoms with Crippen LogP contribution in [0.1, 0.15) is 27.2 Å². The lowest BCUT2D eigenvalue weighted by Gasteiger charge is -2.10. The van der Waals surface area contributed by atoms with Gasteiger partial charge < -0.3 is 5.11 Å². The van der Waals surface area contributed by atoms with E-state index in [2.05, 4.69) is 12.5 Å². The van der Waals surface area contributed by atoms with E-state index < -0.39 is 6.10 Å². The molecule has 12 heavy (non-hydrogen) atoms. The average Bonchev–Trinajstić information content (AvgIpc) is 1.98. The molecule has 0 rings (SSSR count). The van der Waals surface area contributed by atoms with Crippen LogP contribution in [0.4, 0.5) is 0 Å². The Hall–Kier alpha value is -1.00. The van der Waals surface area contributed by atoms with E-state index in [1.807, 2.05) is 20.8 Å². The van der Waals surface area contributed by atoms with Crippen molar-refractivity contribution in [3.05, 3.63) is 23.3 Å². The van der Waals surface area contributed by atoms with Crippen molar-refractivity contribution >= 4 is 0 Å². The van der Waals surface area contributed by atoms with Crippen LogP contribution in [0.5, 0.6) is 0 Å². The lowest BCUT2D eigenvalue weighted by molar-refractivity contribution is 0.233. The molecule has 0 aromatic rings. The molecule has 0 aliphatic heterocycles. The Morgan fingerprint density at radius 1 is 1.50 bits per heavy atom. The molecule has 1 heteroatoms. The van der Waals surface area contributed by atoms with Crippen LogP contribution in [0.3, 0.4) is 0 Å². The summed E-state index contributed by atoms with van der Waals surface area (Å²) in [7, 11) is 0. The molecular formula is C11H16O. The monoisotopic (exact) mass is 164 g/mol. The van der Waals surface area contributed by atoms with Crippen LogP contribution in [-0.2, 0) is 0 Å². The van der Waals surface area contributed by atoms with Gasteiger partial charge in [-0.15, -0.1) is 6.42 Å². The standard InChI is InChI=1S/C11H16O/c1-6-10(12)7-11(8(2)3)9(4)5/h1,10,12H,2,7H2,3-5H3. The Morgan fingerprint density at radius 2 is 2.00 bits per heavy atom. The number of aliphatic hydroxyl groups excluding tert-OH is 1. The van der Waals surface area contributed by atoms with Gasteiger partial charge >= 0.3 is 0 Å². The van der Waals surface area contributed by atoms with Crippen molar-refractivity contribution in [2.45, 2.75) is 33.3 Å². The fraction of sp³-hybridized carbons (Fsp3) is 0.455. The van der Waals surface area contributed by atoms with Gasteiger partial charge in [0.25, 0.3) is 0 Å². The minimum atomic E-state index is -0.688. The summed E-state index contributed by atoms with van der Waals surface area (Å²) in [6.45, 7) is 9.74. The first-order chi connectivity index (χ1) is 5.49. The summed E-state index contributed by atoms with van der Waals surface area (Å²) in [5.74, 6) is 2.29. The maximum atomic E-state index is 9.21. The normalized spacial score (nSPS) is 11.6. The van der Waals surface area contributed by atoms with Gasteiger partial charge in [0.1, 0.15) is 6.10 Å². The SMILES string of the molecule is C#CC(O)CC(C(=C)C)=C(C)C. The average molecular weight is 164 g/mol. The molecule has 0 spiro atoms. The highest BCUT2D eigenvalue weighted by Gasteiger charge is 2.06. The van der Waals surface area contributed by atoms with Gasteiger partial charge in [-0.05, 0) is 26.3 Å². The molecule has 0 aliphatic carbocycles. The van der Waals surface area contributed by atoms with Crippen LogP contribution in [0.2, 0.25) is 0 Å². The predicted octanol–water partition coefficient (Wildman–Crippen LogP) is 2.28. The Kier molecular flexibility index (Phi) is 4.39. The zero-order chi connectivity index (χ0) is 9.72. The smallest absolute Gasteiger partial charge is 0.118 e. The summed E-state index contributed by atoms with van der Waals surface area (Å²) in [4.78, 5) is 0. The molecule has 0 aromatic carbocycles. The molecule has 0 aliphatic rings. The second-order valence-electron chi connectivity index (χ2n) is 3.15. The second kappa shape index (κ2) is 4.79. The van der Waals surface area contributed by atoms with Crippen LogP contribution >= 0.6 is 0 Å². The van der Waals surface area contributed by atoms with Gasteiger partial charge in [-0.3, -0.25) is 0 Å². The molecule has 0 fully saturated rings. The third-order valence-corrected chi connectivity index (χ3v) is 1.71. The molecule has 1 nitrogen and oxygen atoms in total. The van der Waals surface area contributed by atoms with Crippen molar-refractivity contribution < 1.29 is 5.11 Å². The highest BCUT2D eigenvalue weighted by atomic mass is 16.3. The van der Waals surface area contributed by atoms with Crippen molar-refractivity contribution in [3.8, 4) is 12.3 Å². The topological polar surface area (TPSA) is 20.2 Å². The van der Waals surface area contributed by atoms with E-state index in [9.17, 15) is 5.11 Å². The fourth-order valence-corrected chi connectivity index (χ4v) is 1.06. The molecule has 0 bridgehead atoms. The van der Waals surface area contributed by atoms with E-state index in [0.29, 0.717) is 6.42 Å². The number of allylic oxidation sites excluding steroid dienone is 2. The molecule has 0 heterocycles. The van der Waals surface area contributed by atoms with E-state index >= 15 is 0 Å². The van der Waals surface area contributed by atoms with Gasteiger partial charge in [-0.2, -0.15) is 0 Å². The molecule has 0 saturated heterocycles. The lowest BCUT2D eigenvalue weighted by Crippen LogP contribution is -2.05. The minimum Gasteiger partial charge on any atom is -0.380 e. The first-order valence-electron chi connectivity index (χ1n) is 3.95. The number of aliphatic hydroxyl groups is 1. The molecule has 0 aromatic heterocycles. The molecule has 1 atom stereocenters. The first-order valence-corrected chi connectivity index (χ1v) is 3.95. The molecule has 1 unspecified atom stereocenters. The zero-order valence-electron chi connectivity index (χ0n) is 8.02. The number of hydrogen-bond acceptors (Lipinski definition) is 1. The van der Waals surface area contributed by atoms with Crippen LogP contribution < -0.4 is 0 Å². The summed E-state index contributed by atoms with van der Waals surface area (Å²) >= 11 is 0. The van der Waals surface area contributed by atoms with Gasteiger partial charge in [0.15, 0.2) is 0 Å². The predicted molar refractivity (Wildman–Crippen MR) is 52.6 cm³/mol. The van der Waals surface area contributed by atoms with E-state index in [1.165, 1.54) is 0 Å². The Bertz CT molecular complexity index is 236. The highest BCUT2D eigenvalue weighted by molar-refractivity contribution is 5.31. The van der Waals surface area contributed by atoms with Crippen LogP contribution in [-0.4, -0.2) is 11.2 Å². The summed E-state index contributed by atoms with van der Waals surface area (Å²) < 4.78 is 0. The van der Waals surface area contributed by atoms with Gasteiger partial charge in [-0.25, -0.2) is 0 Å². The lowest BCUT2D eigenvalue weighted by atomic mass is 9.98. The number of hydrogen-bond donors (Lipinski definition) is 1. The third-order valence-electron chi connectivity index (χ3n) is 1.71. The second-order valence-corrected chi connectivity index (χ2v) is 3.15.